The van der Waals surface area contributed by atoms with Crippen molar-refractivity contribution in [3.05, 3.63) is 51.5 Å². The van der Waals surface area contributed by atoms with Gasteiger partial charge in [0.15, 0.2) is 0 Å². The van der Waals surface area contributed by atoms with Crippen molar-refractivity contribution in [3.8, 4) is 0 Å². The maximum Gasteiger partial charge on any atom is 0.348 e. The summed E-state index contributed by atoms with van der Waals surface area (Å²) in [7, 11) is 1.28. The number of ether oxygens (including phenoxy) is 1. The molecule has 0 aliphatic carbocycles. The number of anilines is 1. The molecule has 104 valence electrons. The van der Waals surface area contributed by atoms with Crippen molar-refractivity contribution >= 4 is 28.9 Å². The monoisotopic (exact) mass is 293 g/mol. The number of rotatable bonds is 3. The highest BCUT2D eigenvalue weighted by Gasteiger charge is 2.15. The number of nitrogens with one attached hydrogen (secondary N) is 1. The largest absolute Gasteiger partial charge is 0.465 e. The molecular formula is C14H12FNO3S. The van der Waals surface area contributed by atoms with Gasteiger partial charge in [0.2, 0.25) is 0 Å². The molecule has 1 aromatic carbocycles. The Morgan fingerprint density at radius 1 is 1.20 bits per heavy atom. The summed E-state index contributed by atoms with van der Waals surface area (Å²) in [5, 5.41) is 2.62. The van der Waals surface area contributed by atoms with E-state index in [1.807, 2.05) is 0 Å². The third kappa shape index (κ3) is 3.03. The first kappa shape index (κ1) is 14.2. The Morgan fingerprint density at radius 2 is 1.90 bits per heavy atom. The van der Waals surface area contributed by atoms with Crippen LogP contribution in [0, 0.1) is 12.7 Å². The van der Waals surface area contributed by atoms with Crippen LogP contribution in [-0.4, -0.2) is 19.0 Å². The van der Waals surface area contributed by atoms with E-state index in [1.165, 1.54) is 31.4 Å². The number of benzene rings is 1. The van der Waals surface area contributed by atoms with Gasteiger partial charge in [0.1, 0.15) is 10.7 Å². The lowest BCUT2D eigenvalue weighted by Gasteiger charge is -2.07. The van der Waals surface area contributed by atoms with Crippen LogP contribution >= 0.6 is 11.3 Å². The van der Waals surface area contributed by atoms with Crippen LogP contribution in [0.25, 0.3) is 0 Å². The highest BCUT2D eigenvalue weighted by Crippen LogP contribution is 2.21. The smallest absolute Gasteiger partial charge is 0.348 e. The minimum atomic E-state index is -0.490. The van der Waals surface area contributed by atoms with Crippen LogP contribution in [0.2, 0.25) is 0 Å². The molecular weight excluding hydrogens is 281 g/mol. The fourth-order valence-corrected chi connectivity index (χ4v) is 2.40. The Labute approximate surface area is 119 Å². The Kier molecular flexibility index (Phi) is 4.14. The first-order valence-electron chi connectivity index (χ1n) is 5.77. The van der Waals surface area contributed by atoms with Gasteiger partial charge in [-0.2, -0.15) is 0 Å². The summed E-state index contributed by atoms with van der Waals surface area (Å²) in [6.07, 6.45) is 0. The van der Waals surface area contributed by atoms with Crippen LogP contribution in [0.4, 0.5) is 10.1 Å². The van der Waals surface area contributed by atoms with Crippen LogP contribution in [0.1, 0.15) is 24.9 Å². The molecule has 1 aromatic heterocycles. The van der Waals surface area contributed by atoms with Crippen LogP contribution < -0.4 is 5.32 Å². The zero-order chi connectivity index (χ0) is 14.7. The molecule has 0 aliphatic rings. The molecule has 1 amide bonds. The number of halogens is 1. The van der Waals surface area contributed by atoms with E-state index in [0.29, 0.717) is 15.4 Å². The number of carbonyl (C=O) groups is 2. The second kappa shape index (κ2) is 5.83. The number of aryl methyl sites for hydroxylation is 1. The third-order valence-corrected chi connectivity index (χ3v) is 3.73. The summed E-state index contributed by atoms with van der Waals surface area (Å²) in [5.41, 5.74) is 1.16. The SMILES string of the molecule is COC(=O)c1ccc(C(=O)Nc2cc(F)ccc2C)s1. The maximum absolute atomic E-state index is 13.1. The summed E-state index contributed by atoms with van der Waals surface area (Å²) in [4.78, 5) is 24.0. The van der Waals surface area contributed by atoms with E-state index in [2.05, 4.69) is 10.1 Å². The minimum absolute atomic E-state index is 0.341. The topological polar surface area (TPSA) is 55.4 Å². The standard InChI is InChI=1S/C14H12FNO3S/c1-8-3-4-9(15)7-10(8)16-13(17)11-5-6-12(20-11)14(18)19-2/h3-7H,1-2H3,(H,16,17). The van der Waals surface area contributed by atoms with Crippen LogP contribution in [-0.2, 0) is 4.74 Å². The Bertz CT molecular complexity index is 666. The summed E-state index contributed by atoms with van der Waals surface area (Å²) < 4.78 is 17.7. The predicted octanol–water partition coefficient (Wildman–Crippen LogP) is 3.23. The van der Waals surface area contributed by atoms with Crippen LogP contribution in [0.15, 0.2) is 30.3 Å². The van der Waals surface area contributed by atoms with Gasteiger partial charge >= 0.3 is 5.97 Å². The molecule has 0 bridgehead atoms. The second-order valence-electron chi connectivity index (χ2n) is 4.07. The summed E-state index contributed by atoms with van der Waals surface area (Å²) in [6.45, 7) is 1.77. The molecule has 0 saturated heterocycles. The number of carbonyl (C=O) groups excluding carboxylic acids is 2. The first-order chi connectivity index (χ1) is 9.51. The molecule has 0 aliphatic heterocycles. The number of amides is 1. The van der Waals surface area contributed by atoms with Crippen molar-refractivity contribution < 1.29 is 18.7 Å². The molecule has 0 unspecified atom stereocenters. The van der Waals surface area contributed by atoms with E-state index in [0.717, 1.165) is 16.9 Å². The molecule has 1 N–H and O–H groups in total. The minimum Gasteiger partial charge on any atom is -0.465 e. The lowest BCUT2D eigenvalue weighted by Crippen LogP contribution is -2.11. The van der Waals surface area contributed by atoms with E-state index in [4.69, 9.17) is 0 Å². The average Bonchev–Trinajstić information content (AvgIpc) is 2.91. The lowest BCUT2D eigenvalue weighted by atomic mass is 10.2. The molecule has 0 spiro atoms. The number of hydrogen-bond donors (Lipinski definition) is 1. The fraction of sp³-hybridized carbons (Fsp3) is 0.143. The molecule has 0 radical (unpaired) electrons. The maximum atomic E-state index is 13.1. The number of hydrogen-bond acceptors (Lipinski definition) is 4. The van der Waals surface area contributed by atoms with E-state index in [1.54, 1.807) is 13.0 Å². The molecule has 0 fully saturated rings. The summed E-state index contributed by atoms with van der Waals surface area (Å²) in [5.74, 6) is -1.30. The average molecular weight is 293 g/mol. The zero-order valence-electron chi connectivity index (χ0n) is 10.9. The Hall–Kier alpha value is -2.21. The highest BCUT2D eigenvalue weighted by atomic mass is 32.1. The fourth-order valence-electron chi connectivity index (χ4n) is 1.58. The van der Waals surface area contributed by atoms with E-state index >= 15 is 0 Å². The lowest BCUT2D eigenvalue weighted by molar-refractivity contribution is 0.0606. The highest BCUT2D eigenvalue weighted by molar-refractivity contribution is 7.16. The molecule has 2 rings (SSSR count). The van der Waals surface area contributed by atoms with Crippen molar-refractivity contribution in [2.24, 2.45) is 0 Å². The van der Waals surface area contributed by atoms with Crippen molar-refractivity contribution in [3.63, 3.8) is 0 Å². The van der Waals surface area contributed by atoms with Gasteiger partial charge in [-0.3, -0.25) is 4.79 Å². The van der Waals surface area contributed by atoms with E-state index < -0.39 is 11.8 Å². The van der Waals surface area contributed by atoms with E-state index in [-0.39, 0.29) is 5.91 Å². The Morgan fingerprint density at radius 3 is 2.60 bits per heavy atom. The molecule has 2 aromatic rings. The van der Waals surface area contributed by atoms with Crippen molar-refractivity contribution in [1.29, 1.82) is 0 Å². The molecule has 1 heterocycles. The van der Waals surface area contributed by atoms with Gasteiger partial charge in [-0.15, -0.1) is 11.3 Å². The van der Waals surface area contributed by atoms with Gasteiger partial charge in [0.05, 0.1) is 12.0 Å². The second-order valence-corrected chi connectivity index (χ2v) is 5.15. The third-order valence-electron chi connectivity index (χ3n) is 2.66. The molecule has 0 saturated carbocycles. The van der Waals surface area contributed by atoms with Gasteiger partial charge in [-0.05, 0) is 36.8 Å². The van der Waals surface area contributed by atoms with Crippen LogP contribution in [0.3, 0.4) is 0 Å². The van der Waals surface area contributed by atoms with Crippen LogP contribution in [0.5, 0.6) is 0 Å². The van der Waals surface area contributed by atoms with Gasteiger partial charge in [0.25, 0.3) is 5.91 Å². The van der Waals surface area contributed by atoms with Gasteiger partial charge in [0, 0.05) is 5.69 Å². The van der Waals surface area contributed by atoms with Gasteiger partial charge in [-0.1, -0.05) is 6.07 Å². The first-order valence-corrected chi connectivity index (χ1v) is 6.58. The zero-order valence-corrected chi connectivity index (χ0v) is 11.7. The van der Waals surface area contributed by atoms with Crippen molar-refractivity contribution in [2.45, 2.75) is 6.92 Å². The van der Waals surface area contributed by atoms with Gasteiger partial charge < -0.3 is 10.1 Å². The molecule has 20 heavy (non-hydrogen) atoms. The predicted molar refractivity (Wildman–Crippen MR) is 74.7 cm³/mol. The quantitative estimate of drug-likeness (QED) is 0.884. The molecule has 0 atom stereocenters. The van der Waals surface area contributed by atoms with Crippen molar-refractivity contribution in [1.82, 2.24) is 0 Å². The molecule has 4 nitrogen and oxygen atoms in total. The molecule has 6 heteroatoms. The van der Waals surface area contributed by atoms with E-state index in [9.17, 15) is 14.0 Å². The number of esters is 1. The number of methoxy groups -OCH3 is 1. The number of thiophene rings is 1. The van der Waals surface area contributed by atoms with Gasteiger partial charge in [-0.25, -0.2) is 9.18 Å². The summed E-state index contributed by atoms with van der Waals surface area (Å²) in [6, 6.07) is 7.21. The summed E-state index contributed by atoms with van der Waals surface area (Å²) >= 11 is 1.02. The van der Waals surface area contributed by atoms with Crippen molar-refractivity contribution in [2.75, 3.05) is 12.4 Å². The Balaban J connectivity index is 2.18. The normalized spacial score (nSPS) is 10.2.